The summed E-state index contributed by atoms with van der Waals surface area (Å²) >= 11 is 0. The van der Waals surface area contributed by atoms with Crippen LogP contribution in [-0.2, 0) is 14.3 Å². The number of hydrogen-bond donors (Lipinski definition) is 0. The van der Waals surface area contributed by atoms with Crippen LogP contribution in [0.2, 0.25) is 0 Å². The number of ketones is 2. The maximum Gasteiger partial charge on any atom is 0.171 e. The molecule has 0 rings (SSSR count). The zero-order valence-corrected chi connectivity index (χ0v) is 9.55. The van der Waals surface area contributed by atoms with Crippen LogP contribution in [0, 0.1) is 0 Å². The Morgan fingerprint density at radius 3 is 2.29 bits per heavy atom. The number of Topliss-reactive ketones (excluding diaryl/α,β-unsaturated/α-hetero) is 2. The maximum atomic E-state index is 11.5. The lowest BCUT2D eigenvalue weighted by molar-refractivity contribution is -0.142. The van der Waals surface area contributed by atoms with E-state index in [4.69, 9.17) is 4.74 Å². The summed E-state index contributed by atoms with van der Waals surface area (Å²) in [6.07, 6.45) is 1.95. The van der Waals surface area contributed by atoms with Gasteiger partial charge in [0.15, 0.2) is 5.78 Å². The van der Waals surface area contributed by atoms with Gasteiger partial charge >= 0.3 is 0 Å². The minimum Gasteiger partial charge on any atom is -0.368 e. The summed E-state index contributed by atoms with van der Waals surface area (Å²) in [6, 6.07) is 0. The van der Waals surface area contributed by atoms with Crippen LogP contribution in [0.4, 0.5) is 0 Å². The summed E-state index contributed by atoms with van der Waals surface area (Å²) in [4.78, 5) is 22.3. The first kappa shape index (κ1) is 13.3. The lowest BCUT2D eigenvalue weighted by Gasteiger charge is -2.23. The molecule has 0 aromatic carbocycles. The first-order chi connectivity index (χ1) is 6.40. The monoisotopic (exact) mass is 200 g/mol. The van der Waals surface area contributed by atoms with Crippen LogP contribution in [0.5, 0.6) is 0 Å². The summed E-state index contributed by atoms with van der Waals surface area (Å²) in [7, 11) is 0. The molecule has 0 aromatic rings. The van der Waals surface area contributed by atoms with Gasteiger partial charge in [-0.15, -0.1) is 0 Å². The van der Waals surface area contributed by atoms with Crippen LogP contribution in [0.1, 0.15) is 47.0 Å². The Balaban J connectivity index is 4.02. The first-order valence-electron chi connectivity index (χ1n) is 5.07. The summed E-state index contributed by atoms with van der Waals surface area (Å²) in [6.45, 7) is 7.49. The molecule has 0 aromatic heterocycles. The van der Waals surface area contributed by atoms with E-state index in [1.54, 1.807) is 13.8 Å². The number of carbonyl (C=O) groups is 2. The number of rotatable bonds is 7. The Hall–Kier alpha value is -0.700. The molecule has 0 atom stereocenters. The summed E-state index contributed by atoms with van der Waals surface area (Å²) in [5, 5.41) is 0. The van der Waals surface area contributed by atoms with Crippen LogP contribution in [0.15, 0.2) is 0 Å². The second-order valence-electron chi connectivity index (χ2n) is 4.01. The fourth-order valence-corrected chi connectivity index (χ4v) is 0.991. The molecule has 14 heavy (non-hydrogen) atoms. The molecule has 0 amide bonds. The largest absolute Gasteiger partial charge is 0.368 e. The van der Waals surface area contributed by atoms with Crippen molar-refractivity contribution in [3.8, 4) is 0 Å². The van der Waals surface area contributed by atoms with Gasteiger partial charge in [-0.25, -0.2) is 0 Å². The van der Waals surface area contributed by atoms with E-state index in [0.29, 0.717) is 6.61 Å². The number of unbranched alkanes of at least 4 members (excludes halogenated alkanes) is 1. The highest BCUT2D eigenvalue weighted by molar-refractivity contribution is 6.01. The summed E-state index contributed by atoms with van der Waals surface area (Å²) in [5.74, 6) is -0.247. The van der Waals surface area contributed by atoms with Gasteiger partial charge in [0.25, 0.3) is 0 Å². The van der Waals surface area contributed by atoms with Crippen LogP contribution < -0.4 is 0 Å². The second-order valence-corrected chi connectivity index (χ2v) is 4.01. The number of carbonyl (C=O) groups excluding carboxylic acids is 2. The highest BCUT2D eigenvalue weighted by Gasteiger charge is 2.28. The molecular weight excluding hydrogens is 180 g/mol. The Morgan fingerprint density at radius 2 is 1.86 bits per heavy atom. The van der Waals surface area contributed by atoms with Crippen molar-refractivity contribution in [2.24, 2.45) is 0 Å². The molecule has 0 spiro atoms. The topological polar surface area (TPSA) is 43.4 Å². The Morgan fingerprint density at radius 1 is 1.29 bits per heavy atom. The molecule has 0 aliphatic heterocycles. The van der Waals surface area contributed by atoms with Crippen molar-refractivity contribution in [3.63, 3.8) is 0 Å². The van der Waals surface area contributed by atoms with E-state index in [2.05, 4.69) is 6.92 Å². The zero-order valence-electron chi connectivity index (χ0n) is 9.55. The molecule has 0 unspecified atom stereocenters. The molecule has 0 heterocycles. The maximum absolute atomic E-state index is 11.5. The normalized spacial score (nSPS) is 11.4. The molecule has 0 saturated heterocycles. The van der Waals surface area contributed by atoms with E-state index >= 15 is 0 Å². The minimum absolute atomic E-state index is 0.0286. The van der Waals surface area contributed by atoms with Crippen LogP contribution in [0.3, 0.4) is 0 Å². The van der Waals surface area contributed by atoms with Crippen molar-refractivity contribution in [3.05, 3.63) is 0 Å². The average Bonchev–Trinajstić information content (AvgIpc) is 2.03. The Kier molecular flexibility index (Phi) is 5.62. The summed E-state index contributed by atoms with van der Waals surface area (Å²) < 4.78 is 5.43. The first-order valence-corrected chi connectivity index (χ1v) is 5.07. The molecule has 0 aliphatic rings. The fraction of sp³-hybridized carbons (Fsp3) is 0.818. The van der Waals surface area contributed by atoms with Gasteiger partial charge in [-0.1, -0.05) is 13.3 Å². The third-order valence-corrected chi connectivity index (χ3v) is 2.04. The van der Waals surface area contributed by atoms with Crippen LogP contribution in [-0.4, -0.2) is 23.8 Å². The molecule has 82 valence electrons. The van der Waals surface area contributed by atoms with Gasteiger partial charge in [0.05, 0.1) is 6.42 Å². The molecule has 0 N–H and O–H groups in total. The zero-order chi connectivity index (χ0) is 11.2. The second kappa shape index (κ2) is 5.91. The van der Waals surface area contributed by atoms with Gasteiger partial charge in [-0.2, -0.15) is 0 Å². The number of hydrogen-bond acceptors (Lipinski definition) is 3. The van der Waals surface area contributed by atoms with Crippen molar-refractivity contribution in [2.45, 2.75) is 52.6 Å². The minimum atomic E-state index is -0.819. The van der Waals surface area contributed by atoms with E-state index in [1.807, 2.05) is 0 Å². The highest BCUT2D eigenvalue weighted by atomic mass is 16.5. The van der Waals surface area contributed by atoms with Gasteiger partial charge in [0, 0.05) is 6.61 Å². The van der Waals surface area contributed by atoms with E-state index in [0.717, 1.165) is 12.8 Å². The lowest BCUT2D eigenvalue weighted by atomic mass is 9.99. The standard InChI is InChI=1S/C11H20O3/c1-5-6-7-14-11(3,4)10(13)8-9(2)12/h5-8H2,1-4H3. The molecule has 3 nitrogen and oxygen atoms in total. The summed E-state index contributed by atoms with van der Waals surface area (Å²) in [5.41, 5.74) is -0.819. The van der Waals surface area contributed by atoms with Crippen molar-refractivity contribution < 1.29 is 14.3 Å². The van der Waals surface area contributed by atoms with Gasteiger partial charge in [0.2, 0.25) is 0 Å². The van der Waals surface area contributed by atoms with Crippen molar-refractivity contribution in [2.75, 3.05) is 6.61 Å². The molecule has 0 bridgehead atoms. The lowest BCUT2D eigenvalue weighted by Crippen LogP contribution is -2.36. The predicted molar refractivity (Wildman–Crippen MR) is 55.2 cm³/mol. The molecule has 3 heteroatoms. The van der Waals surface area contributed by atoms with E-state index in [-0.39, 0.29) is 18.0 Å². The highest BCUT2D eigenvalue weighted by Crippen LogP contribution is 2.13. The Bertz CT molecular complexity index is 207. The van der Waals surface area contributed by atoms with Gasteiger partial charge in [-0.05, 0) is 27.2 Å². The molecule has 0 radical (unpaired) electrons. The third kappa shape index (κ3) is 5.12. The van der Waals surface area contributed by atoms with E-state index < -0.39 is 5.60 Å². The van der Waals surface area contributed by atoms with Gasteiger partial charge in [-0.3, -0.25) is 9.59 Å². The van der Waals surface area contributed by atoms with E-state index in [9.17, 15) is 9.59 Å². The fourth-order valence-electron chi connectivity index (χ4n) is 0.991. The van der Waals surface area contributed by atoms with Crippen LogP contribution in [0.25, 0.3) is 0 Å². The molecular formula is C11H20O3. The number of ether oxygens (including phenoxy) is 1. The Labute approximate surface area is 85.8 Å². The van der Waals surface area contributed by atoms with Crippen molar-refractivity contribution in [1.82, 2.24) is 0 Å². The molecule has 0 fully saturated rings. The van der Waals surface area contributed by atoms with Gasteiger partial charge in [0.1, 0.15) is 11.4 Å². The average molecular weight is 200 g/mol. The van der Waals surface area contributed by atoms with Crippen molar-refractivity contribution in [1.29, 1.82) is 0 Å². The van der Waals surface area contributed by atoms with E-state index in [1.165, 1.54) is 6.92 Å². The smallest absolute Gasteiger partial charge is 0.171 e. The van der Waals surface area contributed by atoms with Crippen LogP contribution >= 0.6 is 0 Å². The van der Waals surface area contributed by atoms with Gasteiger partial charge < -0.3 is 4.74 Å². The third-order valence-electron chi connectivity index (χ3n) is 2.04. The molecule has 0 aliphatic carbocycles. The quantitative estimate of drug-likeness (QED) is 0.467. The van der Waals surface area contributed by atoms with Crippen molar-refractivity contribution >= 4 is 11.6 Å². The predicted octanol–water partition coefficient (Wildman–Crippen LogP) is 2.13. The SMILES string of the molecule is CCCCOC(C)(C)C(=O)CC(C)=O. The molecule has 0 saturated carbocycles.